The lowest BCUT2D eigenvalue weighted by atomic mass is 9.80. The summed E-state index contributed by atoms with van der Waals surface area (Å²) in [6.07, 6.45) is 6.06. The third-order valence-corrected chi connectivity index (χ3v) is 4.28. The van der Waals surface area contributed by atoms with Crippen LogP contribution in [0.15, 0.2) is 0 Å². The Labute approximate surface area is 116 Å². The highest BCUT2D eigenvalue weighted by Crippen LogP contribution is 2.29. The molecule has 1 amide bonds. The lowest BCUT2D eigenvalue weighted by Gasteiger charge is -2.24. The van der Waals surface area contributed by atoms with Gasteiger partial charge < -0.3 is 5.32 Å². The van der Waals surface area contributed by atoms with E-state index in [0.29, 0.717) is 24.6 Å². The number of hydrogen-bond donors (Lipinski definition) is 1. The summed E-state index contributed by atoms with van der Waals surface area (Å²) in [6, 6.07) is 2.25. The van der Waals surface area contributed by atoms with Gasteiger partial charge in [-0.3, -0.25) is 4.79 Å². The monoisotopic (exact) mass is 270 g/mol. The van der Waals surface area contributed by atoms with Crippen LogP contribution >= 0.6 is 11.8 Å². The highest BCUT2D eigenvalue weighted by molar-refractivity contribution is 7.99. The molecule has 0 rings (SSSR count). The molecule has 0 aliphatic rings. The van der Waals surface area contributed by atoms with Crippen molar-refractivity contribution >= 4 is 17.7 Å². The minimum atomic E-state index is -0.813. The fourth-order valence-electron chi connectivity index (χ4n) is 2.04. The molecule has 1 atom stereocenters. The van der Waals surface area contributed by atoms with Crippen molar-refractivity contribution in [2.75, 3.05) is 12.8 Å². The Hall–Kier alpha value is -0.690. The van der Waals surface area contributed by atoms with Crippen LogP contribution < -0.4 is 5.32 Å². The van der Waals surface area contributed by atoms with Crippen LogP contribution in [0.3, 0.4) is 0 Å². The number of nitriles is 1. The molecule has 0 radical (unpaired) electrons. The van der Waals surface area contributed by atoms with Crippen LogP contribution in [0.25, 0.3) is 0 Å². The molecule has 0 fully saturated rings. The second-order valence-electron chi connectivity index (χ2n) is 4.78. The SMILES string of the molecule is CCCC(C#N)(CCC)C(=O)NCCC(C)SC. The Morgan fingerprint density at radius 3 is 2.33 bits per heavy atom. The molecule has 0 aliphatic carbocycles. The van der Waals surface area contributed by atoms with Crippen molar-refractivity contribution in [2.45, 2.75) is 58.1 Å². The summed E-state index contributed by atoms with van der Waals surface area (Å²) in [6.45, 7) is 6.85. The third-order valence-electron chi connectivity index (χ3n) is 3.24. The fraction of sp³-hybridized carbons (Fsp3) is 0.857. The lowest BCUT2D eigenvalue weighted by Crippen LogP contribution is -2.40. The average Bonchev–Trinajstić information content (AvgIpc) is 2.37. The fourth-order valence-corrected chi connectivity index (χ4v) is 2.40. The molecule has 0 heterocycles. The second-order valence-corrected chi connectivity index (χ2v) is 6.06. The van der Waals surface area contributed by atoms with Crippen LogP contribution in [-0.2, 0) is 4.79 Å². The van der Waals surface area contributed by atoms with Gasteiger partial charge in [0.05, 0.1) is 6.07 Å². The number of rotatable bonds is 9. The molecule has 1 N–H and O–H groups in total. The van der Waals surface area contributed by atoms with Crippen molar-refractivity contribution in [2.24, 2.45) is 5.41 Å². The van der Waals surface area contributed by atoms with Crippen LogP contribution in [0.1, 0.15) is 52.9 Å². The molecule has 18 heavy (non-hydrogen) atoms. The van der Waals surface area contributed by atoms with Gasteiger partial charge in [0.1, 0.15) is 5.41 Å². The van der Waals surface area contributed by atoms with E-state index in [4.69, 9.17) is 0 Å². The van der Waals surface area contributed by atoms with E-state index in [1.165, 1.54) is 0 Å². The third kappa shape index (κ3) is 5.30. The van der Waals surface area contributed by atoms with Crippen LogP contribution in [0.2, 0.25) is 0 Å². The molecule has 3 nitrogen and oxygen atoms in total. The Morgan fingerprint density at radius 1 is 1.39 bits per heavy atom. The predicted octanol–water partition coefficient (Wildman–Crippen LogP) is 3.35. The molecule has 1 unspecified atom stereocenters. The first-order valence-corrected chi connectivity index (χ1v) is 8.07. The zero-order chi connectivity index (χ0) is 14.0. The smallest absolute Gasteiger partial charge is 0.240 e. The Bertz CT molecular complexity index is 280. The van der Waals surface area contributed by atoms with Gasteiger partial charge in [0.15, 0.2) is 0 Å². The molecule has 0 bridgehead atoms. The van der Waals surface area contributed by atoms with Crippen LogP contribution in [-0.4, -0.2) is 24.0 Å². The minimum Gasteiger partial charge on any atom is -0.355 e. The number of nitrogens with one attached hydrogen (secondary N) is 1. The molecule has 0 saturated heterocycles. The van der Waals surface area contributed by atoms with E-state index >= 15 is 0 Å². The quantitative estimate of drug-likeness (QED) is 0.699. The van der Waals surface area contributed by atoms with Gasteiger partial charge in [-0.1, -0.05) is 33.6 Å². The van der Waals surface area contributed by atoms with Crippen LogP contribution in [0, 0.1) is 16.7 Å². The summed E-state index contributed by atoms with van der Waals surface area (Å²) in [5.41, 5.74) is -0.813. The van der Waals surface area contributed by atoms with Crippen molar-refractivity contribution in [1.29, 1.82) is 5.26 Å². The Balaban J connectivity index is 4.43. The molecule has 0 spiro atoms. The summed E-state index contributed by atoms with van der Waals surface area (Å²) < 4.78 is 0. The van der Waals surface area contributed by atoms with E-state index in [2.05, 4.69) is 24.6 Å². The molecule has 0 aromatic rings. The van der Waals surface area contributed by atoms with Gasteiger partial charge in [0, 0.05) is 11.8 Å². The molecule has 4 heteroatoms. The molecule has 0 aromatic heterocycles. The summed E-state index contributed by atoms with van der Waals surface area (Å²) in [4.78, 5) is 12.2. The largest absolute Gasteiger partial charge is 0.355 e. The van der Waals surface area contributed by atoms with E-state index in [1.807, 2.05) is 13.8 Å². The van der Waals surface area contributed by atoms with Gasteiger partial charge in [-0.25, -0.2) is 0 Å². The summed E-state index contributed by atoms with van der Waals surface area (Å²) in [5.74, 6) is -0.0815. The molecule has 0 aromatic carbocycles. The topological polar surface area (TPSA) is 52.9 Å². The van der Waals surface area contributed by atoms with Crippen LogP contribution in [0.4, 0.5) is 0 Å². The normalized spacial score (nSPS) is 12.8. The first-order valence-electron chi connectivity index (χ1n) is 6.78. The Morgan fingerprint density at radius 2 is 1.94 bits per heavy atom. The van der Waals surface area contributed by atoms with E-state index < -0.39 is 5.41 Å². The van der Waals surface area contributed by atoms with Crippen molar-refractivity contribution in [1.82, 2.24) is 5.32 Å². The predicted molar refractivity (Wildman–Crippen MR) is 78.5 cm³/mol. The molecule has 104 valence electrons. The van der Waals surface area contributed by atoms with Crippen LogP contribution in [0.5, 0.6) is 0 Å². The van der Waals surface area contributed by atoms with Gasteiger partial charge >= 0.3 is 0 Å². The van der Waals surface area contributed by atoms with Crippen molar-refractivity contribution in [3.05, 3.63) is 0 Å². The number of nitrogens with zero attached hydrogens (tertiary/aromatic N) is 1. The maximum atomic E-state index is 12.2. The van der Waals surface area contributed by atoms with Crippen molar-refractivity contribution in [3.8, 4) is 6.07 Å². The molecular formula is C14H26N2OS. The molecular weight excluding hydrogens is 244 g/mol. The number of carbonyl (C=O) groups is 1. The Kier molecular flexibility index (Phi) is 8.91. The number of amides is 1. The zero-order valence-electron chi connectivity index (χ0n) is 12.1. The standard InChI is InChI=1S/C14H26N2OS/c1-5-8-14(11-15,9-6-2)13(17)16-10-7-12(3)18-4/h12H,5-10H2,1-4H3,(H,16,17). The number of hydrogen-bond acceptors (Lipinski definition) is 3. The van der Waals surface area contributed by atoms with Crippen molar-refractivity contribution in [3.63, 3.8) is 0 Å². The summed E-state index contributed by atoms with van der Waals surface area (Å²) in [7, 11) is 0. The van der Waals surface area contributed by atoms with Gasteiger partial charge in [-0.15, -0.1) is 0 Å². The average molecular weight is 270 g/mol. The highest BCUT2D eigenvalue weighted by atomic mass is 32.2. The first kappa shape index (κ1) is 17.3. The molecule has 0 aliphatic heterocycles. The maximum Gasteiger partial charge on any atom is 0.240 e. The summed E-state index contributed by atoms with van der Waals surface area (Å²) >= 11 is 1.79. The highest BCUT2D eigenvalue weighted by Gasteiger charge is 2.36. The second kappa shape index (κ2) is 9.27. The van der Waals surface area contributed by atoms with Crippen molar-refractivity contribution < 1.29 is 4.79 Å². The number of thioether (sulfide) groups is 1. The zero-order valence-corrected chi connectivity index (χ0v) is 12.9. The van der Waals surface area contributed by atoms with E-state index in [0.717, 1.165) is 19.3 Å². The number of carbonyl (C=O) groups excluding carboxylic acids is 1. The minimum absolute atomic E-state index is 0.0815. The maximum absolute atomic E-state index is 12.2. The van der Waals surface area contributed by atoms with E-state index in [-0.39, 0.29) is 5.91 Å². The van der Waals surface area contributed by atoms with E-state index in [9.17, 15) is 10.1 Å². The first-order chi connectivity index (χ1) is 8.56. The summed E-state index contributed by atoms with van der Waals surface area (Å²) in [5, 5.41) is 12.8. The molecule has 0 saturated carbocycles. The van der Waals surface area contributed by atoms with Gasteiger partial charge in [0.2, 0.25) is 5.91 Å². The van der Waals surface area contributed by atoms with Gasteiger partial charge in [-0.05, 0) is 25.5 Å². The van der Waals surface area contributed by atoms with E-state index in [1.54, 1.807) is 11.8 Å². The lowest BCUT2D eigenvalue weighted by molar-refractivity contribution is -0.128. The van der Waals surface area contributed by atoms with Gasteiger partial charge in [0.25, 0.3) is 0 Å². The van der Waals surface area contributed by atoms with Gasteiger partial charge in [-0.2, -0.15) is 17.0 Å².